The van der Waals surface area contributed by atoms with Crippen molar-refractivity contribution < 1.29 is 22.3 Å². The number of benzene rings is 1. The van der Waals surface area contributed by atoms with Crippen LogP contribution in [0.25, 0.3) is 0 Å². The fraction of sp³-hybridized carbons (Fsp3) is 0.600. The molecule has 1 saturated carbocycles. The van der Waals surface area contributed by atoms with Gasteiger partial charge in [-0.25, -0.2) is 22.8 Å². The van der Waals surface area contributed by atoms with E-state index in [1.165, 1.54) is 44.1 Å². The maximum absolute atomic E-state index is 14.6. The molecule has 1 aromatic heterocycles. The van der Waals surface area contributed by atoms with Gasteiger partial charge in [-0.05, 0) is 43.9 Å². The summed E-state index contributed by atoms with van der Waals surface area (Å²) in [5, 5.41) is 2.95. The number of rotatable bonds is 7. The molecular weight excluding hydrogens is 471 g/mol. The second kappa shape index (κ2) is 9.99. The molecule has 190 valence electrons. The minimum Gasteiger partial charge on any atom is -0.474 e. The number of nitrogens with zero attached hydrogens (tertiary/aromatic N) is 3. The largest absolute Gasteiger partial charge is 0.474 e. The van der Waals surface area contributed by atoms with E-state index >= 15 is 0 Å². The number of morpholine rings is 1. The molecule has 10 heteroatoms. The highest BCUT2D eigenvalue weighted by Gasteiger charge is 2.41. The SMILES string of the molecule is Cc1c(Nc2ccc(S(C)(=O)=O)cc2F)ncnc1OC1C[C@H]2COC[C@@H](C1)N2CC1CCCC1. The number of piperidine rings is 1. The molecule has 2 saturated heterocycles. The molecule has 5 rings (SSSR count). The fourth-order valence-corrected chi connectivity index (χ4v) is 6.25. The standard InChI is InChI=1S/C25H33FN4O4S/c1-16-24(29-23-8-7-21(11-22(23)26)35(2,31)32)27-15-28-25(16)34-20-9-18-13-33-14-19(10-20)30(18)12-17-5-3-4-6-17/h7-8,11,15,17-20H,3-6,9-10,12-14H2,1-2H3,(H,27,28,29)/t18-,19+,20?. The predicted molar refractivity (Wildman–Crippen MR) is 130 cm³/mol. The second-order valence-corrected chi connectivity index (χ2v) is 12.1. The lowest BCUT2D eigenvalue weighted by atomic mass is 9.90. The Morgan fingerprint density at radius 1 is 1.17 bits per heavy atom. The highest BCUT2D eigenvalue weighted by Crippen LogP contribution is 2.35. The van der Waals surface area contributed by atoms with Crippen molar-refractivity contribution in [3.63, 3.8) is 0 Å². The van der Waals surface area contributed by atoms with Crippen LogP contribution in [0.3, 0.4) is 0 Å². The predicted octanol–water partition coefficient (Wildman–Crippen LogP) is 3.87. The smallest absolute Gasteiger partial charge is 0.221 e. The summed E-state index contributed by atoms with van der Waals surface area (Å²) in [6, 6.07) is 4.49. The zero-order valence-corrected chi connectivity index (χ0v) is 21.1. The fourth-order valence-electron chi connectivity index (χ4n) is 5.62. The van der Waals surface area contributed by atoms with E-state index in [9.17, 15) is 12.8 Å². The quantitative estimate of drug-likeness (QED) is 0.607. The van der Waals surface area contributed by atoms with Gasteiger partial charge in [-0.1, -0.05) is 12.8 Å². The molecule has 3 aliphatic rings. The zero-order valence-electron chi connectivity index (χ0n) is 20.2. The Morgan fingerprint density at radius 2 is 1.89 bits per heavy atom. The lowest BCUT2D eigenvalue weighted by molar-refractivity contribution is -0.105. The maximum atomic E-state index is 14.6. The number of sulfone groups is 1. The van der Waals surface area contributed by atoms with E-state index in [0.717, 1.165) is 50.8 Å². The van der Waals surface area contributed by atoms with Crippen LogP contribution < -0.4 is 10.1 Å². The molecule has 8 nitrogen and oxygen atoms in total. The van der Waals surface area contributed by atoms with Gasteiger partial charge >= 0.3 is 0 Å². The molecule has 35 heavy (non-hydrogen) atoms. The molecule has 1 aromatic carbocycles. The Hall–Kier alpha value is -2.30. The van der Waals surface area contributed by atoms with Gasteiger partial charge in [0.2, 0.25) is 5.88 Å². The minimum absolute atomic E-state index is 0.0287. The van der Waals surface area contributed by atoms with Crippen LogP contribution in [0.5, 0.6) is 5.88 Å². The highest BCUT2D eigenvalue weighted by molar-refractivity contribution is 7.90. The van der Waals surface area contributed by atoms with Crippen molar-refractivity contribution >= 4 is 21.3 Å². The number of fused-ring (bicyclic) bond motifs is 2. The first-order chi connectivity index (χ1) is 16.8. The van der Waals surface area contributed by atoms with Crippen molar-refractivity contribution in [2.45, 2.75) is 68.5 Å². The van der Waals surface area contributed by atoms with Crippen molar-refractivity contribution in [1.29, 1.82) is 0 Å². The van der Waals surface area contributed by atoms with E-state index in [1.54, 1.807) is 0 Å². The summed E-state index contributed by atoms with van der Waals surface area (Å²) < 4.78 is 50.2. The number of nitrogens with one attached hydrogen (secondary N) is 1. The Balaban J connectivity index is 1.27. The minimum atomic E-state index is -3.49. The molecule has 1 aliphatic carbocycles. The van der Waals surface area contributed by atoms with Crippen molar-refractivity contribution in [2.75, 3.05) is 31.3 Å². The van der Waals surface area contributed by atoms with Gasteiger partial charge in [-0.2, -0.15) is 0 Å². The molecule has 0 spiro atoms. The first kappa shape index (κ1) is 24.4. The summed E-state index contributed by atoms with van der Waals surface area (Å²) in [6.45, 7) is 4.47. The van der Waals surface area contributed by atoms with Gasteiger partial charge in [0.05, 0.1) is 29.4 Å². The van der Waals surface area contributed by atoms with Crippen LogP contribution in [0.4, 0.5) is 15.9 Å². The number of aromatic nitrogens is 2. The van der Waals surface area contributed by atoms with E-state index in [-0.39, 0.29) is 16.7 Å². The number of halogens is 1. The summed E-state index contributed by atoms with van der Waals surface area (Å²) in [7, 11) is -3.49. The Kier molecular flexibility index (Phi) is 6.96. The van der Waals surface area contributed by atoms with Crippen LogP contribution in [-0.2, 0) is 14.6 Å². The molecule has 3 atom stereocenters. The van der Waals surface area contributed by atoms with Crippen LogP contribution in [0.1, 0.15) is 44.1 Å². The third kappa shape index (κ3) is 5.44. The molecule has 0 radical (unpaired) electrons. The molecule has 2 aromatic rings. The zero-order chi connectivity index (χ0) is 24.6. The molecular formula is C25H33FN4O4S. The van der Waals surface area contributed by atoms with E-state index < -0.39 is 15.7 Å². The van der Waals surface area contributed by atoms with Gasteiger partial charge in [0.25, 0.3) is 0 Å². The lowest BCUT2D eigenvalue weighted by Gasteiger charge is -2.49. The van der Waals surface area contributed by atoms with E-state index in [2.05, 4.69) is 20.2 Å². The third-order valence-corrected chi connectivity index (χ3v) is 8.62. The van der Waals surface area contributed by atoms with E-state index in [4.69, 9.17) is 9.47 Å². The van der Waals surface area contributed by atoms with Gasteiger partial charge in [0.1, 0.15) is 24.1 Å². The molecule has 0 amide bonds. The third-order valence-electron chi connectivity index (χ3n) is 7.51. The molecule has 1 N–H and O–H groups in total. The molecule has 1 unspecified atom stereocenters. The summed E-state index contributed by atoms with van der Waals surface area (Å²) in [5.41, 5.74) is 0.811. The van der Waals surface area contributed by atoms with Crippen LogP contribution in [0.2, 0.25) is 0 Å². The van der Waals surface area contributed by atoms with Crippen LogP contribution >= 0.6 is 0 Å². The second-order valence-electron chi connectivity index (χ2n) is 10.1. The average Bonchev–Trinajstić information content (AvgIpc) is 3.31. The number of hydrogen-bond acceptors (Lipinski definition) is 8. The summed E-state index contributed by atoms with van der Waals surface area (Å²) >= 11 is 0. The van der Waals surface area contributed by atoms with Crippen molar-refractivity contribution in [3.05, 3.63) is 35.9 Å². The van der Waals surface area contributed by atoms with E-state index in [0.29, 0.717) is 29.3 Å². The molecule has 3 fully saturated rings. The molecule has 2 bridgehead atoms. The first-order valence-electron chi connectivity index (χ1n) is 12.4. The highest BCUT2D eigenvalue weighted by atomic mass is 32.2. The van der Waals surface area contributed by atoms with Crippen molar-refractivity contribution in [1.82, 2.24) is 14.9 Å². The van der Waals surface area contributed by atoms with Gasteiger partial charge in [0, 0.05) is 37.7 Å². The number of anilines is 2. The molecule has 2 aliphatic heterocycles. The number of hydrogen-bond donors (Lipinski definition) is 1. The summed E-state index contributed by atoms with van der Waals surface area (Å²) in [5.74, 6) is 1.03. The van der Waals surface area contributed by atoms with Crippen molar-refractivity contribution in [2.24, 2.45) is 5.92 Å². The van der Waals surface area contributed by atoms with Crippen LogP contribution in [0.15, 0.2) is 29.4 Å². The van der Waals surface area contributed by atoms with Gasteiger partial charge in [0.15, 0.2) is 9.84 Å². The molecule has 3 heterocycles. The Morgan fingerprint density at radius 3 is 2.54 bits per heavy atom. The van der Waals surface area contributed by atoms with Gasteiger partial charge < -0.3 is 14.8 Å². The Labute approximate surface area is 206 Å². The topological polar surface area (TPSA) is 93.7 Å². The first-order valence-corrected chi connectivity index (χ1v) is 14.3. The average molecular weight is 505 g/mol. The van der Waals surface area contributed by atoms with Crippen LogP contribution in [-0.4, -0.2) is 67.5 Å². The van der Waals surface area contributed by atoms with E-state index in [1.807, 2.05) is 6.92 Å². The van der Waals surface area contributed by atoms with Gasteiger partial charge in [-0.3, -0.25) is 4.90 Å². The maximum Gasteiger partial charge on any atom is 0.221 e. The normalized spacial score (nSPS) is 25.5. The van der Waals surface area contributed by atoms with Gasteiger partial charge in [-0.15, -0.1) is 0 Å². The van der Waals surface area contributed by atoms with Crippen LogP contribution in [0, 0.1) is 18.7 Å². The summed E-state index contributed by atoms with van der Waals surface area (Å²) in [4.78, 5) is 11.2. The number of ether oxygens (including phenoxy) is 2. The summed E-state index contributed by atoms with van der Waals surface area (Å²) in [6.07, 6.45) is 9.62. The monoisotopic (exact) mass is 504 g/mol. The van der Waals surface area contributed by atoms with Crippen molar-refractivity contribution in [3.8, 4) is 5.88 Å². The Bertz CT molecular complexity index is 1160. The lowest BCUT2D eigenvalue weighted by Crippen LogP contribution is -2.59.